The number of fused-ring (bicyclic) bond motifs is 1. The van der Waals surface area contributed by atoms with Crippen LogP contribution in [-0.2, 0) is 38.6 Å². The highest BCUT2D eigenvalue weighted by Crippen LogP contribution is 2.66. The Morgan fingerprint density at radius 1 is 1.06 bits per heavy atom. The van der Waals surface area contributed by atoms with Crippen molar-refractivity contribution in [2.24, 2.45) is 7.05 Å². The van der Waals surface area contributed by atoms with E-state index in [1.807, 2.05) is 0 Å². The van der Waals surface area contributed by atoms with Crippen molar-refractivity contribution in [3.8, 4) is 0 Å². The lowest BCUT2D eigenvalue weighted by atomic mass is 10.1. The van der Waals surface area contributed by atoms with Crippen LogP contribution in [0, 0.1) is 5.41 Å². The summed E-state index contributed by atoms with van der Waals surface area (Å²) in [6.07, 6.45) is -3.54. The van der Waals surface area contributed by atoms with E-state index in [9.17, 15) is 28.8 Å². The van der Waals surface area contributed by atoms with E-state index >= 15 is 0 Å². The third-order valence-electron chi connectivity index (χ3n) is 4.13. The van der Waals surface area contributed by atoms with Gasteiger partial charge in [0.05, 0.1) is 19.3 Å². The molecule has 3 rings (SSSR count). The van der Waals surface area contributed by atoms with Gasteiger partial charge in [-0.3, -0.25) is 14.5 Å². The van der Waals surface area contributed by atoms with Crippen LogP contribution in [0.5, 0.6) is 0 Å². The van der Waals surface area contributed by atoms with Gasteiger partial charge in [0.1, 0.15) is 23.8 Å². The van der Waals surface area contributed by atoms with Crippen LogP contribution in [-0.4, -0.2) is 73.8 Å². The Morgan fingerprint density at radius 2 is 1.72 bits per heavy atom. The van der Waals surface area contributed by atoms with Crippen LogP contribution in [0.4, 0.5) is 0 Å². The van der Waals surface area contributed by atoms with E-state index in [0.717, 1.165) is 0 Å². The summed E-state index contributed by atoms with van der Waals surface area (Å²) in [5, 5.41) is 28.5. The first-order chi connectivity index (χ1) is 14.6. The minimum absolute atomic E-state index is 0.00555. The van der Waals surface area contributed by atoms with E-state index in [1.165, 1.54) is 21.8 Å². The third kappa shape index (κ3) is 5.58. The van der Waals surface area contributed by atoms with Crippen molar-refractivity contribution in [3.63, 3.8) is 0 Å². The fraction of sp³-hybridized carbons (Fsp3) is 0.545. The molecule has 0 aliphatic carbocycles. The van der Waals surface area contributed by atoms with Crippen molar-refractivity contribution in [3.05, 3.63) is 18.1 Å². The van der Waals surface area contributed by atoms with Crippen LogP contribution in [0.1, 0.15) is 6.23 Å². The summed E-state index contributed by atoms with van der Waals surface area (Å²) in [5.74, 6) is 0. The number of nitrogens with zero attached hydrogens (tertiary/aromatic N) is 4. The highest BCUT2D eigenvalue weighted by atomic mass is 31.3. The number of aromatic nitrogens is 4. The van der Waals surface area contributed by atoms with Gasteiger partial charge in [0.15, 0.2) is 17.4 Å². The monoisotopic (exact) mass is 521 g/mol. The van der Waals surface area contributed by atoms with Gasteiger partial charge in [-0.1, -0.05) is 0 Å². The number of nitrogens with one attached hydrogen (secondary N) is 1. The van der Waals surface area contributed by atoms with E-state index in [4.69, 9.17) is 24.8 Å². The lowest BCUT2D eigenvalue weighted by molar-refractivity contribution is -0.0503. The lowest BCUT2D eigenvalue weighted by Crippen LogP contribution is -2.33. The molecule has 3 heterocycles. The van der Waals surface area contributed by atoms with Crippen LogP contribution in [0.2, 0.25) is 0 Å². The predicted molar refractivity (Wildman–Crippen MR) is 98.1 cm³/mol. The maximum Gasteiger partial charge on any atom is 0.490 e. The van der Waals surface area contributed by atoms with Gasteiger partial charge >= 0.3 is 23.5 Å². The average molecular weight is 521 g/mol. The summed E-state index contributed by atoms with van der Waals surface area (Å²) in [7, 11) is -15.1. The van der Waals surface area contributed by atoms with Crippen LogP contribution in [0.15, 0.2) is 12.7 Å². The van der Waals surface area contributed by atoms with Crippen molar-refractivity contribution in [1.29, 1.82) is 5.41 Å². The molecule has 0 aromatic carbocycles. The zero-order valence-corrected chi connectivity index (χ0v) is 18.5. The Hall–Kier alpha value is -1.36. The van der Waals surface area contributed by atoms with Gasteiger partial charge in [-0.15, -0.1) is 0 Å². The summed E-state index contributed by atoms with van der Waals surface area (Å²) >= 11 is 0. The summed E-state index contributed by atoms with van der Waals surface area (Å²) in [6, 6.07) is 0. The Bertz CT molecular complexity index is 1210. The summed E-state index contributed by atoms with van der Waals surface area (Å²) < 4.78 is 53.4. The predicted octanol–water partition coefficient (Wildman–Crippen LogP) is -1.79. The van der Waals surface area contributed by atoms with Gasteiger partial charge < -0.3 is 39.1 Å². The molecule has 7 N–H and O–H groups in total. The number of phosphoric ester groups is 1. The molecule has 0 bridgehead atoms. The molecule has 2 aromatic heterocycles. The Kier molecular flexibility index (Phi) is 6.93. The molecule has 32 heavy (non-hydrogen) atoms. The molecule has 1 saturated heterocycles. The molecular weight excluding hydrogens is 503 g/mol. The summed E-state index contributed by atoms with van der Waals surface area (Å²) in [4.78, 5) is 43.7. The van der Waals surface area contributed by atoms with Gasteiger partial charge in [-0.25, -0.2) is 23.7 Å². The first-order valence-electron chi connectivity index (χ1n) is 8.33. The molecule has 180 valence electrons. The second-order valence-corrected chi connectivity index (χ2v) is 10.9. The number of aliphatic hydroxyl groups is 2. The van der Waals surface area contributed by atoms with Crippen LogP contribution < -0.4 is 5.49 Å². The van der Waals surface area contributed by atoms with Gasteiger partial charge in [-0.2, -0.15) is 8.62 Å². The van der Waals surface area contributed by atoms with Crippen molar-refractivity contribution in [1.82, 2.24) is 19.1 Å². The maximum absolute atomic E-state index is 11.8. The van der Waals surface area contributed by atoms with E-state index in [-0.39, 0.29) is 16.7 Å². The second kappa shape index (κ2) is 8.77. The average Bonchev–Trinajstić information content (AvgIpc) is 3.16. The molecule has 18 nitrogen and oxygen atoms in total. The van der Waals surface area contributed by atoms with Crippen molar-refractivity contribution < 1.29 is 61.4 Å². The van der Waals surface area contributed by atoms with Crippen molar-refractivity contribution in [2.75, 3.05) is 6.61 Å². The molecule has 1 aliphatic rings. The molecule has 0 spiro atoms. The number of hydrogen-bond donors (Lipinski definition) is 7. The van der Waals surface area contributed by atoms with Gasteiger partial charge in [0.2, 0.25) is 0 Å². The van der Waals surface area contributed by atoms with Gasteiger partial charge in [0.25, 0.3) is 0 Å². The van der Waals surface area contributed by atoms with E-state index in [2.05, 4.69) is 23.1 Å². The number of aryl methyl sites for hydroxylation is 1. The molecule has 1 fully saturated rings. The zero-order valence-electron chi connectivity index (χ0n) is 15.8. The van der Waals surface area contributed by atoms with Crippen molar-refractivity contribution >= 4 is 34.6 Å². The fourth-order valence-corrected chi connectivity index (χ4v) is 5.80. The lowest BCUT2D eigenvalue weighted by Gasteiger charge is -2.19. The van der Waals surface area contributed by atoms with E-state index in [0.29, 0.717) is 0 Å². The first kappa shape index (κ1) is 25.3. The molecule has 2 unspecified atom stereocenters. The molecule has 1 aliphatic heterocycles. The van der Waals surface area contributed by atoms with E-state index in [1.54, 1.807) is 7.05 Å². The summed E-state index contributed by atoms with van der Waals surface area (Å²) in [5.41, 5.74) is 0.306. The number of aliphatic hydroxyl groups excluding tert-OH is 2. The molecule has 0 radical (unpaired) electrons. The molecule has 2 aromatic rings. The summed E-state index contributed by atoms with van der Waals surface area (Å²) in [6.45, 7) is -0.961. The van der Waals surface area contributed by atoms with Gasteiger partial charge in [0, 0.05) is 7.05 Å². The first-order valence-corrected chi connectivity index (χ1v) is 12.8. The highest BCUT2D eigenvalue weighted by Gasteiger charge is 2.46. The fourth-order valence-electron chi connectivity index (χ4n) is 2.77. The van der Waals surface area contributed by atoms with Crippen molar-refractivity contribution in [2.45, 2.75) is 24.5 Å². The number of phosphoric acid groups is 3. The van der Waals surface area contributed by atoms with Crippen LogP contribution in [0.25, 0.3) is 11.2 Å². The number of hydrogen-bond acceptors (Lipinski definition) is 12. The van der Waals surface area contributed by atoms with E-state index < -0.39 is 54.6 Å². The number of imidazole rings is 1. The SMILES string of the molecule is Cn1cnc2c(ncn2[C@@H]2O[C@H](COP(=O)(O)OP(=O)(O)OP(=O)(O)O)[C@@H](O)[C@H]2O)c1=N. The quantitative estimate of drug-likeness (QED) is 0.189. The molecule has 6 atom stereocenters. The molecule has 21 heteroatoms. The number of rotatable bonds is 8. The Balaban J connectivity index is 1.72. The smallest absolute Gasteiger partial charge is 0.387 e. The van der Waals surface area contributed by atoms with Gasteiger partial charge in [-0.05, 0) is 0 Å². The largest absolute Gasteiger partial charge is 0.490 e. The second-order valence-electron chi connectivity index (χ2n) is 6.46. The van der Waals surface area contributed by atoms with Crippen LogP contribution >= 0.6 is 23.5 Å². The minimum Gasteiger partial charge on any atom is -0.387 e. The number of ether oxygens (including phenoxy) is 1. The topological polar surface area (TPSA) is 269 Å². The maximum atomic E-state index is 11.8. The normalized spacial score (nSPS) is 28.0. The standard InChI is InChI=1S/C11H18N5O13P3/c1-15-3-14-10-6(9(15)12)13-4-16(10)11-8(18)7(17)5(27-11)2-26-31(22,23)29-32(24,25)28-30(19,20)21/h3-5,7-8,11-12,17-18H,2H2,1H3,(H,22,23)(H,24,25)(H2,19,20,21)/t5-,7-,8-,11-/m1/s1. The molecule has 0 amide bonds. The zero-order chi connectivity index (χ0) is 24.1. The molecular formula is C11H18N5O13P3. The van der Waals surface area contributed by atoms with Crippen LogP contribution in [0.3, 0.4) is 0 Å². The Morgan fingerprint density at radius 3 is 2.34 bits per heavy atom. The molecule has 0 saturated carbocycles. The third-order valence-corrected chi connectivity index (χ3v) is 7.93. The highest BCUT2D eigenvalue weighted by molar-refractivity contribution is 7.66. The Labute approximate surface area is 177 Å². The minimum atomic E-state index is -5.71.